The summed E-state index contributed by atoms with van der Waals surface area (Å²) in [6.45, 7) is 3.16. The molecule has 86 valence electrons. The molecule has 3 nitrogen and oxygen atoms in total. The summed E-state index contributed by atoms with van der Waals surface area (Å²) in [5, 5.41) is 0. The van der Waals surface area contributed by atoms with Crippen molar-refractivity contribution in [3.8, 4) is 0 Å². The van der Waals surface area contributed by atoms with Crippen molar-refractivity contribution < 1.29 is 4.79 Å². The highest BCUT2D eigenvalue weighted by Crippen LogP contribution is 2.35. The number of carbonyl (C=O) groups excluding carboxylic acids is 1. The Morgan fingerprint density at radius 1 is 1.27 bits per heavy atom. The van der Waals surface area contributed by atoms with Crippen molar-refractivity contribution >= 4 is 5.91 Å². The molecule has 3 heteroatoms. The molecular formula is C12H22N2O. The third-order valence-electron chi connectivity index (χ3n) is 4.06. The summed E-state index contributed by atoms with van der Waals surface area (Å²) >= 11 is 0. The van der Waals surface area contributed by atoms with E-state index in [-0.39, 0.29) is 17.5 Å². The zero-order valence-electron chi connectivity index (χ0n) is 9.67. The molecule has 1 aliphatic heterocycles. The average Bonchev–Trinajstić information content (AvgIpc) is 2.23. The number of rotatable bonds is 1. The normalized spacial score (nSPS) is 31.7. The van der Waals surface area contributed by atoms with Crippen LogP contribution in [0.25, 0.3) is 0 Å². The fourth-order valence-electron chi connectivity index (χ4n) is 3.02. The molecule has 2 fully saturated rings. The first-order chi connectivity index (χ1) is 7.13. The van der Waals surface area contributed by atoms with E-state index in [1.54, 1.807) is 0 Å². The molecule has 0 aromatic heterocycles. The molecule has 1 atom stereocenters. The largest absolute Gasteiger partial charge is 0.336 e. The monoisotopic (exact) mass is 210 g/mol. The first kappa shape index (κ1) is 10.9. The molecule has 0 aromatic rings. The van der Waals surface area contributed by atoms with Gasteiger partial charge < -0.3 is 10.6 Å². The van der Waals surface area contributed by atoms with Crippen LogP contribution >= 0.6 is 0 Å². The number of piperidine rings is 1. The minimum absolute atomic E-state index is 0.105. The second kappa shape index (κ2) is 4.12. The molecule has 1 unspecified atom stereocenters. The van der Waals surface area contributed by atoms with E-state index in [1.165, 1.54) is 19.3 Å². The topological polar surface area (TPSA) is 46.3 Å². The van der Waals surface area contributed by atoms with Crippen LogP contribution in [0.3, 0.4) is 0 Å². The Morgan fingerprint density at radius 3 is 2.60 bits per heavy atom. The number of hydrogen-bond acceptors (Lipinski definition) is 2. The number of carbonyl (C=O) groups is 1. The average molecular weight is 210 g/mol. The quantitative estimate of drug-likeness (QED) is 0.715. The third kappa shape index (κ3) is 2.03. The predicted molar refractivity (Wildman–Crippen MR) is 60.4 cm³/mol. The van der Waals surface area contributed by atoms with Gasteiger partial charge in [0.05, 0.1) is 6.04 Å². The van der Waals surface area contributed by atoms with Crippen molar-refractivity contribution in [2.24, 2.45) is 5.73 Å². The second-order valence-corrected chi connectivity index (χ2v) is 5.30. The Kier molecular flexibility index (Phi) is 3.01. The highest BCUT2D eigenvalue weighted by Gasteiger charge is 2.39. The van der Waals surface area contributed by atoms with Crippen molar-refractivity contribution in [2.75, 3.05) is 6.54 Å². The standard InChI is InChI=1S/C12H22N2O/c1-12(7-3-2-4-8-12)14-9-5-6-10(13)11(14)15/h10H,2-9,13H2,1H3. The summed E-state index contributed by atoms with van der Waals surface area (Å²) in [4.78, 5) is 14.1. The van der Waals surface area contributed by atoms with Gasteiger partial charge in [-0.05, 0) is 32.6 Å². The van der Waals surface area contributed by atoms with Crippen LogP contribution in [0.1, 0.15) is 51.9 Å². The van der Waals surface area contributed by atoms with Gasteiger partial charge >= 0.3 is 0 Å². The van der Waals surface area contributed by atoms with Crippen LogP contribution in [0.5, 0.6) is 0 Å². The number of nitrogens with zero attached hydrogens (tertiary/aromatic N) is 1. The number of nitrogens with two attached hydrogens (primary N) is 1. The lowest BCUT2D eigenvalue weighted by atomic mass is 9.80. The van der Waals surface area contributed by atoms with E-state index in [9.17, 15) is 4.79 Å². The Bertz CT molecular complexity index is 246. The van der Waals surface area contributed by atoms with Crippen molar-refractivity contribution in [1.82, 2.24) is 4.90 Å². The van der Waals surface area contributed by atoms with Crippen LogP contribution in [0.2, 0.25) is 0 Å². The maximum Gasteiger partial charge on any atom is 0.239 e. The Morgan fingerprint density at radius 2 is 1.93 bits per heavy atom. The van der Waals surface area contributed by atoms with Gasteiger partial charge in [0.25, 0.3) is 0 Å². The zero-order valence-corrected chi connectivity index (χ0v) is 9.67. The molecule has 2 aliphatic rings. The molecule has 0 bridgehead atoms. The van der Waals surface area contributed by atoms with E-state index >= 15 is 0 Å². The van der Waals surface area contributed by atoms with Gasteiger partial charge in [0.2, 0.25) is 5.91 Å². The highest BCUT2D eigenvalue weighted by atomic mass is 16.2. The van der Waals surface area contributed by atoms with E-state index in [4.69, 9.17) is 5.73 Å². The van der Waals surface area contributed by atoms with E-state index in [0.29, 0.717) is 0 Å². The van der Waals surface area contributed by atoms with Gasteiger partial charge in [-0.1, -0.05) is 19.3 Å². The fraction of sp³-hybridized carbons (Fsp3) is 0.917. The lowest BCUT2D eigenvalue weighted by Crippen LogP contribution is -2.58. The number of amides is 1. The molecular weight excluding hydrogens is 188 g/mol. The summed E-state index contributed by atoms with van der Waals surface area (Å²) < 4.78 is 0. The zero-order chi connectivity index (χ0) is 10.9. The van der Waals surface area contributed by atoms with Crippen molar-refractivity contribution in [3.05, 3.63) is 0 Å². The van der Waals surface area contributed by atoms with Gasteiger partial charge in [-0.3, -0.25) is 4.79 Å². The fourth-order valence-corrected chi connectivity index (χ4v) is 3.02. The summed E-state index contributed by atoms with van der Waals surface area (Å²) in [7, 11) is 0. The predicted octanol–water partition coefficient (Wildman–Crippen LogP) is 1.66. The summed E-state index contributed by atoms with van der Waals surface area (Å²) in [6.07, 6.45) is 8.10. The third-order valence-corrected chi connectivity index (χ3v) is 4.06. The van der Waals surface area contributed by atoms with Crippen LogP contribution in [0, 0.1) is 0 Å². The molecule has 1 aliphatic carbocycles. The first-order valence-electron chi connectivity index (χ1n) is 6.20. The molecule has 1 saturated heterocycles. The van der Waals surface area contributed by atoms with Crippen molar-refractivity contribution in [3.63, 3.8) is 0 Å². The molecule has 1 saturated carbocycles. The lowest BCUT2D eigenvalue weighted by Gasteiger charge is -2.47. The summed E-state index contributed by atoms with van der Waals surface area (Å²) in [5.74, 6) is 0.186. The van der Waals surface area contributed by atoms with Crippen molar-refractivity contribution in [1.29, 1.82) is 0 Å². The van der Waals surface area contributed by atoms with E-state index in [0.717, 1.165) is 32.2 Å². The SMILES string of the molecule is CC1(N2CCCC(N)C2=O)CCCCC1. The van der Waals surface area contributed by atoms with Gasteiger partial charge in [-0.2, -0.15) is 0 Å². The molecule has 2 rings (SSSR count). The summed E-state index contributed by atoms with van der Waals surface area (Å²) in [5.41, 5.74) is 5.95. The maximum absolute atomic E-state index is 12.0. The van der Waals surface area contributed by atoms with Crippen LogP contribution in [0.4, 0.5) is 0 Å². The molecule has 0 aromatic carbocycles. The Balaban J connectivity index is 2.10. The maximum atomic E-state index is 12.0. The second-order valence-electron chi connectivity index (χ2n) is 5.30. The number of likely N-dealkylation sites (tertiary alicyclic amines) is 1. The van der Waals surface area contributed by atoms with Crippen molar-refractivity contribution in [2.45, 2.75) is 63.5 Å². The Hall–Kier alpha value is -0.570. The smallest absolute Gasteiger partial charge is 0.239 e. The highest BCUT2D eigenvalue weighted by molar-refractivity contribution is 5.83. The van der Waals surface area contributed by atoms with E-state index in [2.05, 4.69) is 11.8 Å². The van der Waals surface area contributed by atoms with Crippen LogP contribution < -0.4 is 5.73 Å². The van der Waals surface area contributed by atoms with Crippen LogP contribution in [-0.2, 0) is 4.79 Å². The molecule has 1 amide bonds. The molecule has 0 spiro atoms. The minimum Gasteiger partial charge on any atom is -0.336 e. The molecule has 2 N–H and O–H groups in total. The molecule has 15 heavy (non-hydrogen) atoms. The van der Waals surface area contributed by atoms with Gasteiger partial charge in [-0.25, -0.2) is 0 Å². The molecule has 1 heterocycles. The van der Waals surface area contributed by atoms with Crippen LogP contribution in [-0.4, -0.2) is 28.9 Å². The summed E-state index contributed by atoms with van der Waals surface area (Å²) in [6, 6.07) is -0.238. The van der Waals surface area contributed by atoms with Gasteiger partial charge in [0.15, 0.2) is 0 Å². The minimum atomic E-state index is -0.238. The number of hydrogen-bond donors (Lipinski definition) is 1. The molecule has 0 radical (unpaired) electrons. The van der Waals surface area contributed by atoms with E-state index in [1.807, 2.05) is 0 Å². The van der Waals surface area contributed by atoms with Crippen LogP contribution in [0.15, 0.2) is 0 Å². The lowest BCUT2D eigenvalue weighted by molar-refractivity contribution is -0.142. The van der Waals surface area contributed by atoms with Gasteiger partial charge in [-0.15, -0.1) is 0 Å². The first-order valence-corrected chi connectivity index (χ1v) is 6.20. The Labute approximate surface area is 92.0 Å². The van der Waals surface area contributed by atoms with Gasteiger partial charge in [0.1, 0.15) is 0 Å². The van der Waals surface area contributed by atoms with E-state index < -0.39 is 0 Å². The van der Waals surface area contributed by atoms with Gasteiger partial charge in [0, 0.05) is 12.1 Å².